The predicted octanol–water partition coefficient (Wildman–Crippen LogP) is 2.83. The highest BCUT2D eigenvalue weighted by Gasteiger charge is 2.28. The van der Waals surface area contributed by atoms with Gasteiger partial charge in [0, 0.05) is 6.04 Å². The fourth-order valence-electron chi connectivity index (χ4n) is 1.77. The third-order valence-electron chi connectivity index (χ3n) is 3.11. The van der Waals surface area contributed by atoms with Crippen LogP contribution in [-0.4, -0.2) is 18.0 Å². The second-order valence-electron chi connectivity index (χ2n) is 5.98. The highest BCUT2D eigenvalue weighted by atomic mass is 16.2. The Morgan fingerprint density at radius 2 is 1.76 bits per heavy atom. The minimum absolute atomic E-state index is 0.00736. The van der Waals surface area contributed by atoms with Gasteiger partial charge in [-0.25, -0.2) is 0 Å². The average molecular weight is 242 g/mol. The van der Waals surface area contributed by atoms with E-state index in [4.69, 9.17) is 5.73 Å². The molecule has 3 N–H and O–H groups in total. The Morgan fingerprint density at radius 3 is 2.18 bits per heavy atom. The monoisotopic (exact) mass is 242 g/mol. The molecule has 3 heteroatoms. The van der Waals surface area contributed by atoms with Crippen LogP contribution in [0.2, 0.25) is 0 Å². The zero-order valence-corrected chi connectivity index (χ0v) is 12.2. The molecule has 0 aromatic carbocycles. The Morgan fingerprint density at radius 1 is 1.18 bits per heavy atom. The second-order valence-corrected chi connectivity index (χ2v) is 5.98. The van der Waals surface area contributed by atoms with Gasteiger partial charge >= 0.3 is 0 Å². The van der Waals surface area contributed by atoms with Gasteiger partial charge in [-0.3, -0.25) is 4.79 Å². The van der Waals surface area contributed by atoms with Gasteiger partial charge in [-0.15, -0.1) is 0 Å². The van der Waals surface area contributed by atoms with E-state index < -0.39 is 6.04 Å². The van der Waals surface area contributed by atoms with Gasteiger partial charge in [0.25, 0.3) is 0 Å². The predicted molar refractivity (Wildman–Crippen MR) is 73.8 cm³/mol. The van der Waals surface area contributed by atoms with Crippen LogP contribution >= 0.6 is 0 Å². The molecule has 0 fully saturated rings. The lowest BCUT2D eigenvalue weighted by molar-refractivity contribution is -0.125. The van der Waals surface area contributed by atoms with Crippen molar-refractivity contribution >= 4 is 5.91 Å². The van der Waals surface area contributed by atoms with E-state index in [1.165, 1.54) is 6.42 Å². The Kier molecular flexibility index (Phi) is 7.44. The number of amides is 1. The first-order valence-corrected chi connectivity index (χ1v) is 6.88. The second kappa shape index (κ2) is 7.70. The molecule has 2 atom stereocenters. The molecule has 0 rings (SSSR count). The van der Waals surface area contributed by atoms with Crippen LogP contribution in [0, 0.1) is 5.41 Å². The quantitative estimate of drug-likeness (QED) is 0.721. The van der Waals surface area contributed by atoms with E-state index in [0.717, 1.165) is 25.7 Å². The minimum Gasteiger partial charge on any atom is -0.352 e. The molecule has 3 nitrogen and oxygen atoms in total. The molecule has 0 aliphatic rings. The Bertz CT molecular complexity index is 221. The molecule has 0 bridgehead atoms. The van der Waals surface area contributed by atoms with Gasteiger partial charge in [0.15, 0.2) is 0 Å². The van der Waals surface area contributed by atoms with Crippen molar-refractivity contribution in [1.29, 1.82) is 0 Å². The zero-order valence-electron chi connectivity index (χ0n) is 12.2. The van der Waals surface area contributed by atoms with E-state index >= 15 is 0 Å². The molecule has 0 radical (unpaired) electrons. The number of hydrogen-bond acceptors (Lipinski definition) is 2. The topological polar surface area (TPSA) is 55.1 Å². The summed E-state index contributed by atoms with van der Waals surface area (Å²) in [6.45, 7) is 10.3. The maximum atomic E-state index is 12.0. The van der Waals surface area contributed by atoms with Crippen molar-refractivity contribution in [2.75, 3.05) is 0 Å². The molecule has 0 saturated carbocycles. The van der Waals surface area contributed by atoms with Crippen molar-refractivity contribution < 1.29 is 4.79 Å². The van der Waals surface area contributed by atoms with Gasteiger partial charge in [-0.05, 0) is 18.3 Å². The molecule has 0 saturated heterocycles. The summed E-state index contributed by atoms with van der Waals surface area (Å²) in [5.41, 5.74) is 5.78. The minimum atomic E-state index is -0.427. The molecular weight excluding hydrogens is 212 g/mol. The first-order chi connectivity index (χ1) is 7.82. The van der Waals surface area contributed by atoms with Crippen LogP contribution < -0.4 is 11.1 Å². The summed E-state index contributed by atoms with van der Waals surface area (Å²) < 4.78 is 0. The maximum absolute atomic E-state index is 12.0. The highest BCUT2D eigenvalue weighted by Crippen LogP contribution is 2.18. The number of hydrogen-bond donors (Lipinski definition) is 2. The molecule has 0 aromatic rings. The number of carbonyl (C=O) groups excluding carboxylic acids is 1. The van der Waals surface area contributed by atoms with Crippen molar-refractivity contribution in [3.05, 3.63) is 0 Å². The van der Waals surface area contributed by atoms with E-state index in [9.17, 15) is 4.79 Å². The number of unbranched alkanes of at least 4 members (excludes halogenated alkanes) is 1. The molecule has 0 aromatic heterocycles. The summed E-state index contributed by atoms with van der Waals surface area (Å²) in [7, 11) is 0. The van der Waals surface area contributed by atoms with Crippen molar-refractivity contribution in [3.63, 3.8) is 0 Å². The summed E-state index contributed by atoms with van der Waals surface area (Å²) in [4.78, 5) is 12.0. The molecule has 17 heavy (non-hydrogen) atoms. The van der Waals surface area contributed by atoms with Crippen LogP contribution in [-0.2, 0) is 4.79 Å². The number of carbonyl (C=O) groups is 1. The normalized spacial score (nSPS) is 15.4. The molecule has 0 spiro atoms. The Balaban J connectivity index is 4.29. The van der Waals surface area contributed by atoms with Crippen LogP contribution in [0.4, 0.5) is 0 Å². The Hall–Kier alpha value is -0.570. The molecule has 1 unspecified atom stereocenters. The van der Waals surface area contributed by atoms with Gasteiger partial charge in [0.05, 0.1) is 6.04 Å². The number of rotatable bonds is 7. The molecule has 0 aliphatic heterocycles. The average Bonchev–Trinajstić information content (AvgIpc) is 2.23. The van der Waals surface area contributed by atoms with E-state index in [-0.39, 0.29) is 11.3 Å². The fourth-order valence-corrected chi connectivity index (χ4v) is 1.77. The molecule has 0 aliphatic carbocycles. The van der Waals surface area contributed by atoms with Gasteiger partial charge in [-0.1, -0.05) is 53.9 Å². The standard InChI is InChI=1S/C14H30N2O/c1-6-8-10-11(9-7-2)16-13(17)12(15)14(3,4)5/h11-12H,6-10,15H2,1-5H3,(H,16,17)/t11?,12-/m1/s1. The van der Waals surface area contributed by atoms with Crippen molar-refractivity contribution in [2.24, 2.45) is 11.1 Å². The zero-order chi connectivity index (χ0) is 13.5. The van der Waals surface area contributed by atoms with Crippen molar-refractivity contribution in [2.45, 2.75) is 78.8 Å². The maximum Gasteiger partial charge on any atom is 0.237 e. The van der Waals surface area contributed by atoms with Crippen LogP contribution in [0.1, 0.15) is 66.7 Å². The van der Waals surface area contributed by atoms with E-state index in [2.05, 4.69) is 19.2 Å². The summed E-state index contributed by atoms with van der Waals surface area (Å²) in [5.74, 6) is -0.00736. The van der Waals surface area contributed by atoms with Gasteiger partial charge in [-0.2, -0.15) is 0 Å². The van der Waals surface area contributed by atoms with Crippen LogP contribution in [0.25, 0.3) is 0 Å². The lowest BCUT2D eigenvalue weighted by atomic mass is 9.86. The highest BCUT2D eigenvalue weighted by molar-refractivity contribution is 5.82. The van der Waals surface area contributed by atoms with Gasteiger partial charge < -0.3 is 11.1 Å². The number of nitrogens with two attached hydrogens (primary N) is 1. The van der Waals surface area contributed by atoms with E-state index in [0.29, 0.717) is 6.04 Å². The lowest BCUT2D eigenvalue weighted by Gasteiger charge is -2.28. The third kappa shape index (κ3) is 6.67. The summed E-state index contributed by atoms with van der Waals surface area (Å²) in [6.07, 6.45) is 5.53. The summed E-state index contributed by atoms with van der Waals surface area (Å²) in [5, 5.41) is 3.10. The third-order valence-corrected chi connectivity index (χ3v) is 3.11. The SMILES string of the molecule is CCCCC(CCC)NC(=O)[C@@H](N)C(C)(C)C. The largest absolute Gasteiger partial charge is 0.352 e. The van der Waals surface area contributed by atoms with Gasteiger partial charge in [0.1, 0.15) is 0 Å². The van der Waals surface area contributed by atoms with Crippen LogP contribution in [0.15, 0.2) is 0 Å². The van der Waals surface area contributed by atoms with Crippen molar-refractivity contribution in [1.82, 2.24) is 5.32 Å². The fraction of sp³-hybridized carbons (Fsp3) is 0.929. The van der Waals surface area contributed by atoms with E-state index in [1.54, 1.807) is 0 Å². The summed E-state index contributed by atoms with van der Waals surface area (Å²) in [6, 6.07) is -0.135. The molecule has 1 amide bonds. The lowest BCUT2D eigenvalue weighted by Crippen LogP contribution is -2.51. The first kappa shape index (κ1) is 16.4. The Labute approximate surface area is 107 Å². The smallest absolute Gasteiger partial charge is 0.237 e. The van der Waals surface area contributed by atoms with Gasteiger partial charge in [0.2, 0.25) is 5.91 Å². The number of nitrogens with one attached hydrogen (secondary N) is 1. The molecule has 102 valence electrons. The van der Waals surface area contributed by atoms with Crippen molar-refractivity contribution in [3.8, 4) is 0 Å². The summed E-state index contributed by atoms with van der Waals surface area (Å²) >= 11 is 0. The van der Waals surface area contributed by atoms with Crippen LogP contribution in [0.5, 0.6) is 0 Å². The molecular formula is C14H30N2O. The van der Waals surface area contributed by atoms with E-state index in [1.807, 2.05) is 20.8 Å². The van der Waals surface area contributed by atoms with Crippen LogP contribution in [0.3, 0.4) is 0 Å². The molecule has 0 heterocycles. The first-order valence-electron chi connectivity index (χ1n) is 6.88.